The van der Waals surface area contributed by atoms with Crippen LogP contribution in [0.4, 0.5) is 14.5 Å². The van der Waals surface area contributed by atoms with Crippen LogP contribution in [-0.4, -0.2) is 19.5 Å². The summed E-state index contributed by atoms with van der Waals surface area (Å²) >= 11 is 0. The third kappa shape index (κ3) is 4.75. The quantitative estimate of drug-likeness (QED) is 0.846. The molecule has 5 nitrogen and oxygen atoms in total. The number of anilines is 1. The van der Waals surface area contributed by atoms with E-state index >= 15 is 0 Å². The number of carbonyl (C=O) groups is 1. The number of halogens is 2. The molecule has 0 unspecified atom stereocenters. The van der Waals surface area contributed by atoms with Gasteiger partial charge in [0.05, 0.1) is 10.6 Å². The molecule has 0 aromatic heterocycles. The van der Waals surface area contributed by atoms with Crippen LogP contribution >= 0.6 is 0 Å². The van der Waals surface area contributed by atoms with Gasteiger partial charge in [0.2, 0.25) is 0 Å². The lowest BCUT2D eigenvalue weighted by molar-refractivity contribution is -0.136. The molecular formula is C15H13F2NO4S. The van der Waals surface area contributed by atoms with Crippen molar-refractivity contribution in [3.05, 3.63) is 59.7 Å². The molecule has 8 heteroatoms. The first-order valence-corrected chi connectivity index (χ1v) is 8.04. The summed E-state index contributed by atoms with van der Waals surface area (Å²) in [5, 5.41) is 8.60. The molecule has 0 aliphatic rings. The van der Waals surface area contributed by atoms with E-state index < -0.39 is 27.6 Å². The number of rotatable bonds is 6. The lowest BCUT2D eigenvalue weighted by Gasteiger charge is -2.09. The first kappa shape index (κ1) is 16.9. The second kappa shape index (κ2) is 6.74. The van der Waals surface area contributed by atoms with Gasteiger partial charge in [0.1, 0.15) is 11.6 Å². The topological polar surface area (TPSA) is 83.5 Å². The zero-order valence-electron chi connectivity index (χ0n) is 11.8. The fraction of sp³-hybridized carbons (Fsp3) is 0.133. The van der Waals surface area contributed by atoms with Crippen LogP contribution in [0.25, 0.3) is 0 Å². The standard InChI is InChI=1S/C15H13F2NO4S/c16-11-7-12(17)9-13(8-11)18-23(21,22)14-4-1-10(2-5-14)3-6-15(19)20/h1-2,4-5,7-9,18H,3,6H2,(H,19,20). The Morgan fingerprint density at radius 3 is 2.13 bits per heavy atom. The average Bonchev–Trinajstić information content (AvgIpc) is 2.44. The van der Waals surface area contributed by atoms with Gasteiger partial charge in [-0.05, 0) is 36.2 Å². The molecule has 2 aromatic carbocycles. The highest BCUT2D eigenvalue weighted by Crippen LogP contribution is 2.19. The monoisotopic (exact) mass is 341 g/mol. The maximum Gasteiger partial charge on any atom is 0.303 e. The van der Waals surface area contributed by atoms with Gasteiger partial charge in [-0.3, -0.25) is 9.52 Å². The van der Waals surface area contributed by atoms with E-state index in [9.17, 15) is 22.0 Å². The Morgan fingerprint density at radius 2 is 1.61 bits per heavy atom. The first-order valence-electron chi connectivity index (χ1n) is 6.56. The van der Waals surface area contributed by atoms with Gasteiger partial charge in [0.15, 0.2) is 0 Å². The third-order valence-electron chi connectivity index (χ3n) is 2.98. The summed E-state index contributed by atoms with van der Waals surface area (Å²) in [6, 6.07) is 7.94. The van der Waals surface area contributed by atoms with Crippen LogP contribution in [0, 0.1) is 11.6 Å². The number of aliphatic carboxylic acids is 1. The molecular weight excluding hydrogens is 328 g/mol. The largest absolute Gasteiger partial charge is 0.481 e. The fourth-order valence-electron chi connectivity index (χ4n) is 1.91. The number of carboxylic acid groups (broad SMARTS) is 1. The third-order valence-corrected chi connectivity index (χ3v) is 4.37. The predicted molar refractivity (Wildman–Crippen MR) is 79.6 cm³/mol. The van der Waals surface area contributed by atoms with Gasteiger partial charge in [-0.15, -0.1) is 0 Å². The lowest BCUT2D eigenvalue weighted by Crippen LogP contribution is -2.13. The maximum absolute atomic E-state index is 13.1. The molecule has 0 bridgehead atoms. The number of benzene rings is 2. The van der Waals surface area contributed by atoms with E-state index in [1.807, 2.05) is 0 Å². The molecule has 0 fully saturated rings. The molecule has 0 saturated carbocycles. The van der Waals surface area contributed by atoms with Crippen molar-refractivity contribution in [2.45, 2.75) is 17.7 Å². The molecule has 0 atom stereocenters. The SMILES string of the molecule is O=C(O)CCc1ccc(S(=O)(=O)Nc2cc(F)cc(F)c2)cc1. The Morgan fingerprint density at radius 1 is 1.04 bits per heavy atom. The van der Waals surface area contributed by atoms with Gasteiger partial charge in [-0.2, -0.15) is 0 Å². The Bertz CT molecular complexity index is 800. The van der Waals surface area contributed by atoms with E-state index in [-0.39, 0.29) is 23.4 Å². The van der Waals surface area contributed by atoms with E-state index in [2.05, 4.69) is 4.72 Å². The highest BCUT2D eigenvalue weighted by molar-refractivity contribution is 7.92. The summed E-state index contributed by atoms with van der Waals surface area (Å²) in [4.78, 5) is 10.4. The maximum atomic E-state index is 13.1. The molecule has 2 N–H and O–H groups in total. The average molecular weight is 341 g/mol. The van der Waals surface area contributed by atoms with Gasteiger partial charge in [0.25, 0.3) is 10.0 Å². The summed E-state index contributed by atoms with van der Waals surface area (Å²) in [6.45, 7) is 0. The normalized spacial score (nSPS) is 11.2. The van der Waals surface area contributed by atoms with Crippen LogP contribution in [0.2, 0.25) is 0 Å². The smallest absolute Gasteiger partial charge is 0.303 e. The van der Waals surface area contributed by atoms with Gasteiger partial charge < -0.3 is 5.11 Å². The highest BCUT2D eigenvalue weighted by atomic mass is 32.2. The highest BCUT2D eigenvalue weighted by Gasteiger charge is 2.15. The van der Waals surface area contributed by atoms with Crippen molar-refractivity contribution in [1.29, 1.82) is 0 Å². The van der Waals surface area contributed by atoms with E-state index in [0.29, 0.717) is 11.6 Å². The Labute approximate surface area is 131 Å². The van der Waals surface area contributed by atoms with Crippen molar-refractivity contribution in [3.8, 4) is 0 Å². The number of sulfonamides is 1. The van der Waals surface area contributed by atoms with Crippen LogP contribution < -0.4 is 4.72 Å². The van der Waals surface area contributed by atoms with E-state index in [0.717, 1.165) is 12.1 Å². The minimum absolute atomic E-state index is 0.0626. The fourth-order valence-corrected chi connectivity index (χ4v) is 2.95. The molecule has 0 spiro atoms. The number of hydrogen-bond acceptors (Lipinski definition) is 3. The first-order chi connectivity index (χ1) is 10.8. The zero-order valence-corrected chi connectivity index (χ0v) is 12.6. The molecule has 0 aliphatic heterocycles. The minimum atomic E-state index is -3.99. The molecule has 0 saturated heterocycles. The van der Waals surface area contributed by atoms with Crippen molar-refractivity contribution < 1.29 is 27.1 Å². The van der Waals surface area contributed by atoms with E-state index in [4.69, 9.17) is 5.11 Å². The molecule has 23 heavy (non-hydrogen) atoms. The van der Waals surface area contributed by atoms with Crippen molar-refractivity contribution in [1.82, 2.24) is 0 Å². The summed E-state index contributed by atoms with van der Waals surface area (Å²) < 4.78 is 52.6. The number of aryl methyl sites for hydroxylation is 1. The number of hydrogen-bond donors (Lipinski definition) is 2. The molecule has 0 aliphatic carbocycles. The summed E-state index contributed by atoms with van der Waals surface area (Å²) in [7, 11) is -3.99. The summed E-state index contributed by atoms with van der Waals surface area (Å²) in [6.07, 6.45) is 0.213. The summed E-state index contributed by atoms with van der Waals surface area (Å²) in [5.74, 6) is -2.74. The molecule has 2 aromatic rings. The predicted octanol–water partition coefficient (Wildman–Crippen LogP) is 2.78. The minimum Gasteiger partial charge on any atom is -0.481 e. The van der Waals surface area contributed by atoms with Crippen LogP contribution in [0.15, 0.2) is 47.4 Å². The van der Waals surface area contributed by atoms with Crippen molar-refractivity contribution >= 4 is 21.7 Å². The van der Waals surface area contributed by atoms with Gasteiger partial charge in [0, 0.05) is 12.5 Å². The van der Waals surface area contributed by atoms with Crippen molar-refractivity contribution in [3.63, 3.8) is 0 Å². The second-order valence-electron chi connectivity index (χ2n) is 4.80. The Kier molecular flexibility index (Phi) is 4.95. The van der Waals surface area contributed by atoms with Crippen LogP contribution in [-0.2, 0) is 21.2 Å². The number of nitrogens with one attached hydrogen (secondary N) is 1. The van der Waals surface area contributed by atoms with E-state index in [1.165, 1.54) is 24.3 Å². The van der Waals surface area contributed by atoms with Gasteiger partial charge in [-0.25, -0.2) is 17.2 Å². The molecule has 0 radical (unpaired) electrons. The molecule has 0 amide bonds. The Balaban J connectivity index is 2.17. The van der Waals surface area contributed by atoms with Crippen LogP contribution in [0.3, 0.4) is 0 Å². The summed E-state index contributed by atoms with van der Waals surface area (Å²) in [5.41, 5.74) is 0.445. The van der Waals surface area contributed by atoms with Crippen LogP contribution in [0.1, 0.15) is 12.0 Å². The van der Waals surface area contributed by atoms with Gasteiger partial charge in [-0.1, -0.05) is 12.1 Å². The lowest BCUT2D eigenvalue weighted by atomic mass is 10.1. The Hall–Kier alpha value is -2.48. The number of carboxylic acids is 1. The molecule has 122 valence electrons. The molecule has 0 heterocycles. The van der Waals surface area contributed by atoms with Crippen LogP contribution in [0.5, 0.6) is 0 Å². The van der Waals surface area contributed by atoms with Gasteiger partial charge >= 0.3 is 5.97 Å². The second-order valence-corrected chi connectivity index (χ2v) is 6.48. The zero-order chi connectivity index (χ0) is 17.0. The van der Waals surface area contributed by atoms with Crippen molar-refractivity contribution in [2.75, 3.05) is 4.72 Å². The van der Waals surface area contributed by atoms with E-state index in [1.54, 1.807) is 0 Å². The molecule has 2 rings (SSSR count). The van der Waals surface area contributed by atoms with Crippen molar-refractivity contribution in [2.24, 2.45) is 0 Å².